The van der Waals surface area contributed by atoms with Crippen LogP contribution in [0.3, 0.4) is 0 Å². The average Bonchev–Trinajstić information content (AvgIpc) is 2.63. The van der Waals surface area contributed by atoms with E-state index in [1.54, 1.807) is 37.6 Å². The molecule has 8 heteroatoms. The van der Waals surface area contributed by atoms with Crippen LogP contribution in [0.15, 0.2) is 50.9 Å². The van der Waals surface area contributed by atoms with Gasteiger partial charge in [-0.25, -0.2) is 5.43 Å². The summed E-state index contributed by atoms with van der Waals surface area (Å²) in [5, 5.41) is 4.67. The fourth-order valence-corrected chi connectivity index (χ4v) is 3.20. The van der Waals surface area contributed by atoms with Crippen LogP contribution in [0.25, 0.3) is 0 Å². The van der Waals surface area contributed by atoms with E-state index in [2.05, 4.69) is 26.5 Å². The maximum atomic E-state index is 11.9. The number of hydrogen-bond donors (Lipinski definition) is 1. The Morgan fingerprint density at radius 3 is 2.69 bits per heavy atom. The molecule has 0 aliphatic carbocycles. The second kappa shape index (κ2) is 10.4. The number of hydrazone groups is 1. The molecule has 0 spiro atoms. The molecular formula is C18H18BrClN2O3S. The molecule has 1 amide bonds. The first-order chi connectivity index (χ1) is 12.5. The van der Waals surface area contributed by atoms with E-state index in [0.29, 0.717) is 23.1 Å². The number of thioether (sulfide) groups is 1. The minimum Gasteiger partial charge on any atom is -0.493 e. The van der Waals surface area contributed by atoms with Crippen LogP contribution in [0.4, 0.5) is 0 Å². The van der Waals surface area contributed by atoms with E-state index in [1.807, 2.05) is 19.1 Å². The fraction of sp³-hybridized carbons (Fsp3) is 0.222. The SMILES string of the molecule is CCOc1cc(/C=N\NC(=O)CSc2ccc(Cl)cc2)c(Br)cc1OC. The number of halogens is 2. The van der Waals surface area contributed by atoms with Crippen molar-refractivity contribution in [3.63, 3.8) is 0 Å². The molecule has 26 heavy (non-hydrogen) atoms. The molecule has 0 aliphatic heterocycles. The Labute approximate surface area is 170 Å². The Morgan fingerprint density at radius 2 is 2.04 bits per heavy atom. The lowest BCUT2D eigenvalue weighted by Gasteiger charge is -2.11. The lowest BCUT2D eigenvalue weighted by atomic mass is 10.2. The normalized spacial score (nSPS) is 10.8. The molecule has 0 aliphatic rings. The Kier molecular flexibility index (Phi) is 8.28. The van der Waals surface area contributed by atoms with Crippen molar-refractivity contribution in [2.75, 3.05) is 19.5 Å². The van der Waals surface area contributed by atoms with Crippen LogP contribution in [0, 0.1) is 0 Å². The molecule has 0 saturated heterocycles. The summed E-state index contributed by atoms with van der Waals surface area (Å²) in [7, 11) is 1.58. The molecule has 138 valence electrons. The van der Waals surface area contributed by atoms with Gasteiger partial charge in [0.25, 0.3) is 0 Å². The maximum absolute atomic E-state index is 11.9. The molecule has 2 aromatic rings. The first-order valence-electron chi connectivity index (χ1n) is 7.74. The predicted molar refractivity (Wildman–Crippen MR) is 110 cm³/mol. The van der Waals surface area contributed by atoms with Gasteiger partial charge in [0, 0.05) is 20.0 Å². The third-order valence-electron chi connectivity index (χ3n) is 3.16. The van der Waals surface area contributed by atoms with E-state index in [-0.39, 0.29) is 11.7 Å². The van der Waals surface area contributed by atoms with Gasteiger partial charge in [0.1, 0.15) is 0 Å². The van der Waals surface area contributed by atoms with Crippen molar-refractivity contribution in [2.24, 2.45) is 5.10 Å². The Balaban J connectivity index is 1.93. The summed E-state index contributed by atoms with van der Waals surface area (Å²) in [5.74, 6) is 1.30. The smallest absolute Gasteiger partial charge is 0.250 e. The zero-order valence-corrected chi connectivity index (χ0v) is 17.5. The number of ether oxygens (including phenoxy) is 2. The summed E-state index contributed by atoms with van der Waals surface area (Å²) in [4.78, 5) is 12.9. The quantitative estimate of drug-likeness (QED) is 0.353. The van der Waals surface area contributed by atoms with Gasteiger partial charge in [0.2, 0.25) is 5.91 Å². The molecule has 2 rings (SSSR count). The van der Waals surface area contributed by atoms with Crippen molar-refractivity contribution in [1.29, 1.82) is 0 Å². The van der Waals surface area contributed by atoms with Crippen molar-refractivity contribution >= 4 is 51.4 Å². The van der Waals surface area contributed by atoms with Crippen LogP contribution < -0.4 is 14.9 Å². The zero-order chi connectivity index (χ0) is 18.9. The first kappa shape index (κ1) is 20.6. The molecular weight excluding hydrogens is 440 g/mol. The topological polar surface area (TPSA) is 59.9 Å². The maximum Gasteiger partial charge on any atom is 0.250 e. The zero-order valence-electron chi connectivity index (χ0n) is 14.3. The van der Waals surface area contributed by atoms with Crippen molar-refractivity contribution in [1.82, 2.24) is 5.43 Å². The van der Waals surface area contributed by atoms with Crippen LogP contribution in [0.1, 0.15) is 12.5 Å². The van der Waals surface area contributed by atoms with E-state index < -0.39 is 0 Å². The number of hydrogen-bond acceptors (Lipinski definition) is 5. The summed E-state index contributed by atoms with van der Waals surface area (Å²) in [6.45, 7) is 2.42. The first-order valence-corrected chi connectivity index (χ1v) is 9.89. The van der Waals surface area contributed by atoms with E-state index >= 15 is 0 Å². The standard InChI is InChI=1S/C18H18BrClN2O3S/c1-3-25-17-8-12(15(19)9-16(17)24-2)10-21-22-18(23)11-26-14-6-4-13(20)5-7-14/h4-10H,3,11H2,1-2H3,(H,22,23)/b21-10-. The van der Waals surface area contributed by atoms with Gasteiger partial charge in [0.05, 0.1) is 25.7 Å². The summed E-state index contributed by atoms with van der Waals surface area (Å²) in [6, 6.07) is 10.9. The van der Waals surface area contributed by atoms with Crippen molar-refractivity contribution in [2.45, 2.75) is 11.8 Å². The van der Waals surface area contributed by atoms with Gasteiger partial charge < -0.3 is 9.47 Å². The summed E-state index contributed by atoms with van der Waals surface area (Å²) in [6.07, 6.45) is 1.55. The van der Waals surface area contributed by atoms with Gasteiger partial charge in [-0.1, -0.05) is 11.6 Å². The van der Waals surface area contributed by atoms with Gasteiger partial charge in [-0.3, -0.25) is 4.79 Å². The average molecular weight is 458 g/mol. The fourth-order valence-electron chi connectivity index (χ4n) is 1.96. The van der Waals surface area contributed by atoms with Gasteiger partial charge in [0.15, 0.2) is 11.5 Å². The number of nitrogens with one attached hydrogen (secondary N) is 1. The largest absolute Gasteiger partial charge is 0.493 e. The number of methoxy groups -OCH3 is 1. The summed E-state index contributed by atoms with van der Waals surface area (Å²) in [5.41, 5.74) is 3.27. The lowest BCUT2D eigenvalue weighted by molar-refractivity contribution is -0.118. The molecule has 0 aromatic heterocycles. The molecule has 0 bridgehead atoms. The number of carbonyl (C=O) groups is 1. The highest BCUT2D eigenvalue weighted by atomic mass is 79.9. The Bertz CT molecular complexity index is 785. The van der Waals surface area contributed by atoms with E-state index in [1.165, 1.54) is 11.8 Å². The highest BCUT2D eigenvalue weighted by Gasteiger charge is 2.09. The number of nitrogens with zero attached hydrogens (tertiary/aromatic N) is 1. The molecule has 0 atom stereocenters. The molecule has 0 heterocycles. The van der Waals surface area contributed by atoms with Crippen LogP contribution >= 0.6 is 39.3 Å². The molecule has 0 unspecified atom stereocenters. The van der Waals surface area contributed by atoms with Crippen LogP contribution in [-0.2, 0) is 4.79 Å². The van der Waals surface area contributed by atoms with Crippen molar-refractivity contribution in [3.8, 4) is 11.5 Å². The molecule has 1 N–H and O–H groups in total. The second-order valence-corrected chi connectivity index (χ2v) is 7.33. The number of benzene rings is 2. The molecule has 0 radical (unpaired) electrons. The number of carbonyl (C=O) groups excluding carboxylic acids is 1. The lowest BCUT2D eigenvalue weighted by Crippen LogP contribution is -2.19. The van der Waals surface area contributed by atoms with Crippen molar-refractivity contribution in [3.05, 3.63) is 51.5 Å². The predicted octanol–water partition coefficient (Wildman–Crippen LogP) is 4.75. The third-order valence-corrected chi connectivity index (χ3v) is 5.11. The molecule has 0 saturated carbocycles. The van der Waals surface area contributed by atoms with Gasteiger partial charge in [-0.05, 0) is 59.3 Å². The Morgan fingerprint density at radius 1 is 1.31 bits per heavy atom. The second-order valence-electron chi connectivity index (χ2n) is 4.99. The summed E-state index contributed by atoms with van der Waals surface area (Å²) >= 11 is 10.7. The van der Waals surface area contributed by atoms with Gasteiger partial charge in [-0.15, -0.1) is 11.8 Å². The monoisotopic (exact) mass is 456 g/mol. The molecule has 5 nitrogen and oxygen atoms in total. The van der Waals surface area contributed by atoms with Crippen LogP contribution in [-0.4, -0.2) is 31.6 Å². The van der Waals surface area contributed by atoms with Gasteiger partial charge in [-0.2, -0.15) is 5.10 Å². The summed E-state index contributed by atoms with van der Waals surface area (Å²) < 4.78 is 11.6. The van der Waals surface area contributed by atoms with Gasteiger partial charge >= 0.3 is 0 Å². The highest BCUT2D eigenvalue weighted by Crippen LogP contribution is 2.32. The molecule has 0 fully saturated rings. The van der Waals surface area contributed by atoms with Crippen molar-refractivity contribution < 1.29 is 14.3 Å². The van der Waals surface area contributed by atoms with E-state index in [4.69, 9.17) is 21.1 Å². The van der Waals surface area contributed by atoms with Crippen LogP contribution in [0.5, 0.6) is 11.5 Å². The minimum atomic E-state index is -0.198. The third kappa shape index (κ3) is 6.23. The molecule has 2 aromatic carbocycles. The van der Waals surface area contributed by atoms with Crippen LogP contribution in [0.2, 0.25) is 5.02 Å². The van der Waals surface area contributed by atoms with E-state index in [9.17, 15) is 4.79 Å². The number of rotatable bonds is 8. The number of amides is 1. The van der Waals surface area contributed by atoms with E-state index in [0.717, 1.165) is 14.9 Å². The highest BCUT2D eigenvalue weighted by molar-refractivity contribution is 9.10. The minimum absolute atomic E-state index is 0.198. The Hall–Kier alpha value is -1.70.